The lowest BCUT2D eigenvalue weighted by Gasteiger charge is -2.33. The molecule has 3 N–H and O–H groups in total. The first kappa shape index (κ1) is 24.0. The summed E-state index contributed by atoms with van der Waals surface area (Å²) in [6.07, 6.45) is -3.35. The van der Waals surface area contributed by atoms with E-state index in [0.29, 0.717) is 42.8 Å². The monoisotopic (exact) mass is 477 g/mol. The molecule has 1 aliphatic heterocycles. The van der Waals surface area contributed by atoms with E-state index in [1.807, 2.05) is 4.90 Å². The van der Waals surface area contributed by atoms with Crippen molar-refractivity contribution in [2.24, 2.45) is 0 Å². The summed E-state index contributed by atoms with van der Waals surface area (Å²) in [5, 5.41) is 6.34. The van der Waals surface area contributed by atoms with Gasteiger partial charge >= 0.3 is 6.18 Å². The third-order valence-corrected chi connectivity index (χ3v) is 6.20. The molecule has 11 heteroatoms. The van der Waals surface area contributed by atoms with Gasteiger partial charge in [0.1, 0.15) is 11.4 Å². The smallest absolute Gasteiger partial charge is 0.379 e. The van der Waals surface area contributed by atoms with Crippen LogP contribution in [0.4, 0.5) is 24.7 Å². The molecule has 0 spiro atoms. The number of H-pyrrole nitrogens is 1. The standard InChI is InChI=1S/C23H26F3N5O3/c1-3-22(2,23(24,25)26)30-20-15-5-4-14(28-18(32)13-31-8-10-34-11-9-31)12-16(15)19-17(29-20)6-7-27-21(19)33/h4-7,12H,3,8-11,13H2,1-2H3,(H,27,33)(H,28,32)(H,29,30)/t22-/m1/s1. The minimum absolute atomic E-state index is 0.0148. The Bertz CT molecular complexity index is 1270. The predicted octanol–water partition coefficient (Wildman–Crippen LogP) is 3.49. The van der Waals surface area contributed by atoms with E-state index in [2.05, 4.69) is 20.6 Å². The zero-order chi connectivity index (χ0) is 24.5. The number of rotatable bonds is 6. The molecule has 1 aromatic carbocycles. The van der Waals surface area contributed by atoms with Gasteiger partial charge in [0.05, 0.1) is 30.7 Å². The van der Waals surface area contributed by atoms with Gasteiger partial charge in [-0.2, -0.15) is 13.2 Å². The van der Waals surface area contributed by atoms with Crippen LogP contribution in [0.5, 0.6) is 0 Å². The lowest BCUT2D eigenvalue weighted by molar-refractivity contribution is -0.174. The highest BCUT2D eigenvalue weighted by molar-refractivity contribution is 6.11. The Morgan fingerprint density at radius 2 is 1.94 bits per heavy atom. The summed E-state index contributed by atoms with van der Waals surface area (Å²) >= 11 is 0. The first-order valence-corrected chi connectivity index (χ1v) is 11.0. The fourth-order valence-electron chi connectivity index (χ4n) is 3.92. The van der Waals surface area contributed by atoms with Gasteiger partial charge < -0.3 is 20.4 Å². The van der Waals surface area contributed by atoms with Gasteiger partial charge in [0.15, 0.2) is 0 Å². The number of anilines is 2. The highest BCUT2D eigenvalue weighted by Crippen LogP contribution is 2.38. The number of nitrogens with one attached hydrogen (secondary N) is 3. The second-order valence-electron chi connectivity index (χ2n) is 8.53. The van der Waals surface area contributed by atoms with E-state index < -0.39 is 17.3 Å². The Labute approximate surface area is 193 Å². The van der Waals surface area contributed by atoms with Crippen LogP contribution in [0.2, 0.25) is 0 Å². The average Bonchev–Trinajstić information content (AvgIpc) is 2.78. The molecule has 182 valence electrons. The molecule has 0 unspecified atom stereocenters. The molecule has 8 nitrogen and oxygen atoms in total. The first-order chi connectivity index (χ1) is 16.1. The fraction of sp³-hybridized carbons (Fsp3) is 0.435. The van der Waals surface area contributed by atoms with Crippen LogP contribution in [0.25, 0.3) is 21.7 Å². The van der Waals surface area contributed by atoms with Crippen molar-refractivity contribution in [3.8, 4) is 0 Å². The van der Waals surface area contributed by atoms with Crippen molar-refractivity contribution < 1.29 is 22.7 Å². The molecule has 0 radical (unpaired) electrons. The number of halogens is 3. The van der Waals surface area contributed by atoms with Crippen LogP contribution in [0, 0.1) is 0 Å². The summed E-state index contributed by atoms with van der Waals surface area (Å²) in [5.41, 5.74) is -1.96. The zero-order valence-electron chi connectivity index (χ0n) is 18.9. The minimum atomic E-state index is -4.52. The van der Waals surface area contributed by atoms with Gasteiger partial charge in [-0.25, -0.2) is 4.98 Å². The van der Waals surface area contributed by atoms with E-state index in [9.17, 15) is 22.8 Å². The minimum Gasteiger partial charge on any atom is -0.379 e. The Kier molecular flexibility index (Phi) is 6.50. The number of hydrogen-bond donors (Lipinski definition) is 3. The lowest BCUT2D eigenvalue weighted by atomic mass is 9.97. The number of carbonyl (C=O) groups excluding carboxylic acids is 1. The van der Waals surface area contributed by atoms with Gasteiger partial charge in [0.25, 0.3) is 5.56 Å². The molecule has 34 heavy (non-hydrogen) atoms. The number of aromatic nitrogens is 2. The van der Waals surface area contributed by atoms with Crippen LogP contribution in [0.1, 0.15) is 20.3 Å². The summed E-state index contributed by atoms with van der Waals surface area (Å²) in [6, 6.07) is 6.27. The average molecular weight is 477 g/mol. The van der Waals surface area contributed by atoms with E-state index in [0.717, 1.165) is 6.92 Å². The number of benzene rings is 1. The summed E-state index contributed by atoms with van der Waals surface area (Å²) in [5.74, 6) is -0.219. The molecule has 0 bridgehead atoms. The lowest BCUT2D eigenvalue weighted by Crippen LogP contribution is -2.48. The maximum atomic E-state index is 13.8. The van der Waals surface area contributed by atoms with Crippen molar-refractivity contribution in [2.45, 2.75) is 32.0 Å². The summed E-state index contributed by atoms with van der Waals surface area (Å²) in [6.45, 7) is 5.14. The van der Waals surface area contributed by atoms with Crippen LogP contribution >= 0.6 is 0 Å². The molecular weight excluding hydrogens is 451 g/mol. The largest absolute Gasteiger partial charge is 0.411 e. The number of morpholine rings is 1. The van der Waals surface area contributed by atoms with E-state index in [4.69, 9.17) is 4.74 Å². The van der Waals surface area contributed by atoms with E-state index in [-0.39, 0.29) is 35.6 Å². The third-order valence-electron chi connectivity index (χ3n) is 6.20. The number of ether oxygens (including phenoxy) is 1. The van der Waals surface area contributed by atoms with E-state index in [1.54, 1.807) is 18.2 Å². The number of alkyl halides is 3. The molecule has 1 fully saturated rings. The van der Waals surface area contributed by atoms with Gasteiger partial charge in [-0.15, -0.1) is 0 Å². The third kappa shape index (κ3) is 4.71. The topological polar surface area (TPSA) is 99.3 Å². The zero-order valence-corrected chi connectivity index (χ0v) is 18.9. The molecule has 0 aliphatic carbocycles. The van der Waals surface area contributed by atoms with Crippen molar-refractivity contribution >= 4 is 39.1 Å². The molecule has 3 heterocycles. The second kappa shape index (κ2) is 9.22. The van der Waals surface area contributed by atoms with E-state index in [1.165, 1.54) is 19.2 Å². The molecule has 3 aromatic rings. The molecule has 1 amide bonds. The number of aromatic amines is 1. The number of hydrogen-bond acceptors (Lipinski definition) is 6. The highest BCUT2D eigenvalue weighted by Gasteiger charge is 2.50. The molecule has 2 aromatic heterocycles. The van der Waals surface area contributed by atoms with Crippen LogP contribution in [0.15, 0.2) is 35.3 Å². The fourth-order valence-corrected chi connectivity index (χ4v) is 3.92. The molecule has 0 saturated carbocycles. The predicted molar refractivity (Wildman–Crippen MR) is 124 cm³/mol. The van der Waals surface area contributed by atoms with Gasteiger partial charge in [0, 0.05) is 35.7 Å². The van der Waals surface area contributed by atoms with Gasteiger partial charge in [-0.3, -0.25) is 14.5 Å². The van der Waals surface area contributed by atoms with Gasteiger partial charge in [-0.1, -0.05) is 6.92 Å². The molecule has 1 atom stereocenters. The van der Waals surface area contributed by atoms with Crippen molar-refractivity contribution in [1.82, 2.24) is 14.9 Å². The number of nitrogens with zero attached hydrogens (tertiary/aromatic N) is 2. The Morgan fingerprint density at radius 3 is 2.62 bits per heavy atom. The highest BCUT2D eigenvalue weighted by atomic mass is 19.4. The molecule has 1 saturated heterocycles. The Balaban J connectivity index is 1.75. The summed E-state index contributed by atoms with van der Waals surface area (Å²) in [7, 11) is 0. The number of carbonyl (C=O) groups is 1. The van der Waals surface area contributed by atoms with Crippen LogP contribution < -0.4 is 16.2 Å². The van der Waals surface area contributed by atoms with Crippen molar-refractivity contribution in [3.05, 3.63) is 40.8 Å². The Morgan fingerprint density at radius 1 is 1.21 bits per heavy atom. The van der Waals surface area contributed by atoms with Crippen molar-refractivity contribution in [1.29, 1.82) is 0 Å². The maximum Gasteiger partial charge on any atom is 0.411 e. The SMILES string of the molecule is CC[C@@](C)(Nc1nc2cc[nH]c(=O)c2c2cc(NC(=O)CN3CCOCC3)ccc12)C(F)(F)F. The van der Waals surface area contributed by atoms with Gasteiger partial charge in [0.2, 0.25) is 5.91 Å². The molecule has 1 aliphatic rings. The molecular formula is C23H26F3N5O3. The normalized spacial score (nSPS) is 17.0. The quantitative estimate of drug-likeness (QED) is 0.470. The second-order valence-corrected chi connectivity index (χ2v) is 8.53. The van der Waals surface area contributed by atoms with Crippen molar-refractivity contribution in [2.75, 3.05) is 43.5 Å². The first-order valence-electron chi connectivity index (χ1n) is 11.0. The van der Waals surface area contributed by atoms with Crippen LogP contribution in [-0.2, 0) is 9.53 Å². The van der Waals surface area contributed by atoms with Gasteiger partial charge in [-0.05, 0) is 37.6 Å². The maximum absolute atomic E-state index is 13.8. The van der Waals surface area contributed by atoms with Crippen LogP contribution in [0.3, 0.4) is 0 Å². The summed E-state index contributed by atoms with van der Waals surface area (Å²) in [4.78, 5) is 34.0. The number of amides is 1. The summed E-state index contributed by atoms with van der Waals surface area (Å²) < 4.78 is 46.6. The molecule has 4 rings (SSSR count). The van der Waals surface area contributed by atoms with Crippen molar-refractivity contribution in [3.63, 3.8) is 0 Å². The Hall–Kier alpha value is -3.18. The van der Waals surface area contributed by atoms with Crippen LogP contribution in [-0.4, -0.2) is 65.3 Å². The number of pyridine rings is 2. The number of fused-ring (bicyclic) bond motifs is 3. The van der Waals surface area contributed by atoms with E-state index >= 15 is 0 Å².